The second-order valence-corrected chi connectivity index (χ2v) is 5.69. The molecule has 1 atom stereocenters. The third-order valence-electron chi connectivity index (χ3n) is 4.22. The topological polar surface area (TPSA) is 38.3 Å². The van der Waals surface area contributed by atoms with E-state index in [-0.39, 0.29) is 16.9 Å². The molecule has 1 N–H and O–H groups in total. The Bertz CT molecular complexity index is 259. The van der Waals surface area contributed by atoms with Gasteiger partial charge in [0.15, 0.2) is 0 Å². The molecule has 0 radical (unpaired) electrons. The summed E-state index contributed by atoms with van der Waals surface area (Å²) in [4.78, 5) is 11.8. The quantitative estimate of drug-likeness (QED) is 0.752. The fraction of sp³-hybridized carbons (Fsp3) is 0.929. The normalized spacial score (nSPS) is 27.8. The van der Waals surface area contributed by atoms with Crippen molar-refractivity contribution in [3.63, 3.8) is 0 Å². The van der Waals surface area contributed by atoms with Crippen molar-refractivity contribution in [2.24, 2.45) is 5.41 Å². The summed E-state index contributed by atoms with van der Waals surface area (Å²) in [6.07, 6.45) is 5.23. The predicted molar refractivity (Wildman–Crippen MR) is 69.9 cm³/mol. The third kappa shape index (κ3) is 3.21. The zero-order chi connectivity index (χ0) is 12.9. The van der Waals surface area contributed by atoms with Crippen LogP contribution >= 0.6 is 0 Å². The van der Waals surface area contributed by atoms with Gasteiger partial charge in [-0.25, -0.2) is 0 Å². The molecule has 0 amide bonds. The molecule has 1 rings (SSSR count). The largest absolute Gasteiger partial charge is 0.466 e. The van der Waals surface area contributed by atoms with E-state index < -0.39 is 0 Å². The monoisotopic (exact) mass is 241 g/mol. The van der Waals surface area contributed by atoms with Gasteiger partial charge in [0.1, 0.15) is 0 Å². The van der Waals surface area contributed by atoms with E-state index in [1.165, 1.54) is 19.3 Å². The molecule has 0 aromatic carbocycles. The van der Waals surface area contributed by atoms with E-state index in [2.05, 4.69) is 26.1 Å². The molecule has 0 heterocycles. The van der Waals surface area contributed by atoms with E-state index in [9.17, 15) is 4.79 Å². The zero-order valence-corrected chi connectivity index (χ0v) is 11.8. The molecule has 0 aliphatic heterocycles. The van der Waals surface area contributed by atoms with Crippen LogP contribution in [-0.2, 0) is 9.53 Å². The maximum atomic E-state index is 11.8. The second-order valence-electron chi connectivity index (χ2n) is 5.69. The maximum absolute atomic E-state index is 11.8. The number of hydrogen-bond acceptors (Lipinski definition) is 3. The van der Waals surface area contributed by atoms with Crippen LogP contribution in [0.15, 0.2) is 0 Å². The maximum Gasteiger partial charge on any atom is 0.307 e. The lowest BCUT2D eigenvalue weighted by Crippen LogP contribution is -2.58. The van der Waals surface area contributed by atoms with Gasteiger partial charge < -0.3 is 10.1 Å². The molecule has 0 aromatic rings. The standard InChI is InChI=1S/C14H27NO2/c1-5-15-14(11-12(16)17-6-2)10-8-7-9-13(14,3)4/h15H,5-11H2,1-4H3. The van der Waals surface area contributed by atoms with Crippen molar-refractivity contribution in [2.75, 3.05) is 13.2 Å². The molecule has 3 heteroatoms. The van der Waals surface area contributed by atoms with Crippen LogP contribution in [0, 0.1) is 5.41 Å². The first kappa shape index (κ1) is 14.5. The summed E-state index contributed by atoms with van der Waals surface area (Å²) in [5.74, 6) is -0.0663. The molecule has 1 fully saturated rings. The molecular weight excluding hydrogens is 214 g/mol. The minimum atomic E-state index is -0.0771. The van der Waals surface area contributed by atoms with Crippen molar-refractivity contribution < 1.29 is 9.53 Å². The minimum Gasteiger partial charge on any atom is -0.466 e. The summed E-state index contributed by atoms with van der Waals surface area (Å²) in [7, 11) is 0. The van der Waals surface area contributed by atoms with E-state index in [4.69, 9.17) is 4.74 Å². The first-order valence-electron chi connectivity index (χ1n) is 6.88. The van der Waals surface area contributed by atoms with E-state index in [0.717, 1.165) is 13.0 Å². The van der Waals surface area contributed by atoms with Crippen molar-refractivity contribution in [2.45, 2.75) is 65.3 Å². The molecule has 100 valence electrons. The van der Waals surface area contributed by atoms with E-state index in [0.29, 0.717) is 13.0 Å². The molecule has 0 aromatic heterocycles. The van der Waals surface area contributed by atoms with E-state index >= 15 is 0 Å². The molecule has 1 saturated carbocycles. The molecule has 0 spiro atoms. The zero-order valence-electron chi connectivity index (χ0n) is 11.8. The Hall–Kier alpha value is -0.570. The van der Waals surface area contributed by atoms with Crippen LogP contribution in [0.25, 0.3) is 0 Å². The van der Waals surface area contributed by atoms with Crippen molar-refractivity contribution in [1.82, 2.24) is 5.32 Å². The Balaban J connectivity index is 2.82. The van der Waals surface area contributed by atoms with Gasteiger partial charge in [-0.1, -0.05) is 33.6 Å². The first-order valence-corrected chi connectivity index (χ1v) is 6.88. The van der Waals surface area contributed by atoms with Crippen LogP contribution in [0.3, 0.4) is 0 Å². The number of nitrogens with one attached hydrogen (secondary N) is 1. The molecule has 0 bridgehead atoms. The van der Waals surface area contributed by atoms with Crippen LogP contribution in [0.1, 0.15) is 59.8 Å². The molecule has 1 aliphatic rings. The number of rotatable bonds is 5. The predicted octanol–water partition coefficient (Wildman–Crippen LogP) is 2.89. The summed E-state index contributed by atoms with van der Waals surface area (Å²) < 4.78 is 5.13. The lowest BCUT2D eigenvalue weighted by atomic mass is 9.61. The molecule has 3 nitrogen and oxygen atoms in total. The minimum absolute atomic E-state index is 0.0663. The van der Waals surface area contributed by atoms with E-state index in [1.54, 1.807) is 0 Å². The average molecular weight is 241 g/mol. The lowest BCUT2D eigenvalue weighted by molar-refractivity contribution is -0.147. The van der Waals surface area contributed by atoms with Gasteiger partial charge >= 0.3 is 5.97 Å². The highest BCUT2D eigenvalue weighted by atomic mass is 16.5. The smallest absolute Gasteiger partial charge is 0.307 e. The van der Waals surface area contributed by atoms with Gasteiger partial charge in [0.25, 0.3) is 0 Å². The number of esters is 1. The Morgan fingerprint density at radius 1 is 1.24 bits per heavy atom. The summed E-state index contributed by atoms with van der Waals surface area (Å²) in [5, 5.41) is 3.58. The highest BCUT2D eigenvalue weighted by Gasteiger charge is 2.47. The molecule has 1 aliphatic carbocycles. The van der Waals surface area contributed by atoms with Crippen molar-refractivity contribution >= 4 is 5.97 Å². The van der Waals surface area contributed by atoms with Crippen LogP contribution in [-0.4, -0.2) is 24.7 Å². The molecule has 1 unspecified atom stereocenters. The van der Waals surface area contributed by atoms with Crippen LogP contribution < -0.4 is 5.32 Å². The van der Waals surface area contributed by atoms with Gasteiger partial charge in [0.2, 0.25) is 0 Å². The Kier molecular flexibility index (Phi) is 4.99. The van der Waals surface area contributed by atoms with Gasteiger partial charge in [-0.2, -0.15) is 0 Å². The summed E-state index contributed by atoms with van der Waals surface area (Å²) in [5.41, 5.74) is 0.0836. The highest BCUT2D eigenvalue weighted by Crippen LogP contribution is 2.45. The number of carbonyl (C=O) groups is 1. The summed E-state index contributed by atoms with van der Waals surface area (Å²) in [6, 6.07) is 0. The van der Waals surface area contributed by atoms with Crippen molar-refractivity contribution in [3.05, 3.63) is 0 Å². The highest BCUT2D eigenvalue weighted by molar-refractivity contribution is 5.71. The third-order valence-corrected chi connectivity index (χ3v) is 4.22. The number of hydrogen-bond donors (Lipinski definition) is 1. The van der Waals surface area contributed by atoms with Gasteiger partial charge in [0.05, 0.1) is 13.0 Å². The number of carbonyl (C=O) groups excluding carboxylic acids is 1. The molecule has 17 heavy (non-hydrogen) atoms. The lowest BCUT2D eigenvalue weighted by Gasteiger charge is -2.50. The number of ether oxygens (including phenoxy) is 1. The van der Waals surface area contributed by atoms with Gasteiger partial charge in [-0.15, -0.1) is 0 Å². The Labute approximate surface area is 105 Å². The van der Waals surface area contributed by atoms with Crippen LogP contribution in [0.5, 0.6) is 0 Å². The summed E-state index contributed by atoms with van der Waals surface area (Å²) in [6.45, 7) is 9.90. The summed E-state index contributed by atoms with van der Waals surface area (Å²) >= 11 is 0. The second kappa shape index (κ2) is 5.85. The van der Waals surface area contributed by atoms with Crippen LogP contribution in [0.2, 0.25) is 0 Å². The fourth-order valence-corrected chi connectivity index (χ4v) is 3.09. The fourth-order valence-electron chi connectivity index (χ4n) is 3.09. The van der Waals surface area contributed by atoms with Crippen LogP contribution in [0.4, 0.5) is 0 Å². The van der Waals surface area contributed by atoms with Gasteiger partial charge in [-0.3, -0.25) is 4.79 Å². The Morgan fingerprint density at radius 2 is 1.88 bits per heavy atom. The van der Waals surface area contributed by atoms with Gasteiger partial charge in [-0.05, 0) is 31.7 Å². The first-order chi connectivity index (χ1) is 7.97. The molecular formula is C14H27NO2. The average Bonchev–Trinajstić information content (AvgIpc) is 2.23. The van der Waals surface area contributed by atoms with Gasteiger partial charge in [0, 0.05) is 5.54 Å². The van der Waals surface area contributed by atoms with Crippen molar-refractivity contribution in [3.8, 4) is 0 Å². The Morgan fingerprint density at radius 3 is 2.41 bits per heavy atom. The van der Waals surface area contributed by atoms with Crippen molar-refractivity contribution in [1.29, 1.82) is 0 Å². The SMILES string of the molecule is CCNC1(CC(=O)OCC)CCCCC1(C)C. The van der Waals surface area contributed by atoms with E-state index in [1.807, 2.05) is 6.92 Å². The molecule has 0 saturated heterocycles.